The second-order valence-electron chi connectivity index (χ2n) is 5.13. The Bertz CT molecular complexity index is 377. The molecule has 0 amide bonds. The van der Waals surface area contributed by atoms with Crippen LogP contribution in [0.1, 0.15) is 25.7 Å². The zero-order chi connectivity index (χ0) is 11.0. The molecule has 0 saturated heterocycles. The van der Waals surface area contributed by atoms with Gasteiger partial charge < -0.3 is 10.1 Å². The zero-order valence-corrected chi connectivity index (χ0v) is 9.78. The van der Waals surface area contributed by atoms with E-state index in [2.05, 4.69) is 17.4 Å². The van der Waals surface area contributed by atoms with E-state index in [1.807, 2.05) is 12.1 Å². The van der Waals surface area contributed by atoms with Gasteiger partial charge in [0.05, 0.1) is 12.8 Å². The Morgan fingerprint density at radius 2 is 2.06 bits per heavy atom. The molecule has 2 nitrogen and oxygen atoms in total. The fourth-order valence-electron chi connectivity index (χ4n) is 3.39. The highest BCUT2D eigenvalue weighted by atomic mass is 16.5. The monoisotopic (exact) mass is 217 g/mol. The molecule has 0 aliphatic heterocycles. The van der Waals surface area contributed by atoms with E-state index in [0.717, 1.165) is 23.3 Å². The number of nitrogens with one attached hydrogen (secondary N) is 1. The van der Waals surface area contributed by atoms with Gasteiger partial charge in [-0.2, -0.15) is 0 Å². The zero-order valence-electron chi connectivity index (χ0n) is 9.78. The highest BCUT2D eigenvalue weighted by Gasteiger charge is 2.39. The van der Waals surface area contributed by atoms with Crippen molar-refractivity contribution in [2.75, 3.05) is 12.4 Å². The summed E-state index contributed by atoms with van der Waals surface area (Å²) >= 11 is 0. The maximum Gasteiger partial charge on any atom is 0.141 e. The van der Waals surface area contributed by atoms with Crippen LogP contribution in [0.3, 0.4) is 0 Å². The first-order chi connectivity index (χ1) is 7.86. The summed E-state index contributed by atoms with van der Waals surface area (Å²) in [5, 5.41) is 3.67. The van der Waals surface area contributed by atoms with Crippen molar-refractivity contribution in [1.29, 1.82) is 0 Å². The molecule has 0 spiro atoms. The van der Waals surface area contributed by atoms with Crippen LogP contribution in [0.4, 0.5) is 5.69 Å². The van der Waals surface area contributed by atoms with E-state index in [0.29, 0.717) is 6.04 Å². The third-order valence-electron chi connectivity index (χ3n) is 4.19. The van der Waals surface area contributed by atoms with Gasteiger partial charge in [-0.25, -0.2) is 0 Å². The summed E-state index contributed by atoms with van der Waals surface area (Å²) in [6.45, 7) is 0. The lowest BCUT2D eigenvalue weighted by molar-refractivity contribution is 0.410. The number of hydrogen-bond donors (Lipinski definition) is 1. The molecule has 0 radical (unpaired) electrons. The molecule has 0 aromatic heterocycles. The van der Waals surface area contributed by atoms with E-state index in [1.54, 1.807) is 7.11 Å². The van der Waals surface area contributed by atoms with Crippen molar-refractivity contribution in [2.24, 2.45) is 11.8 Å². The number of rotatable bonds is 3. The third-order valence-corrected chi connectivity index (χ3v) is 4.19. The van der Waals surface area contributed by atoms with Gasteiger partial charge in [-0.15, -0.1) is 0 Å². The first-order valence-electron chi connectivity index (χ1n) is 6.26. The Labute approximate surface area is 97.0 Å². The van der Waals surface area contributed by atoms with Gasteiger partial charge in [0.25, 0.3) is 0 Å². The maximum absolute atomic E-state index is 5.37. The number of hydrogen-bond acceptors (Lipinski definition) is 2. The van der Waals surface area contributed by atoms with E-state index in [9.17, 15) is 0 Å². The van der Waals surface area contributed by atoms with Gasteiger partial charge in [-0.3, -0.25) is 0 Å². The summed E-state index contributed by atoms with van der Waals surface area (Å²) in [6.07, 6.45) is 5.65. The molecule has 86 valence electrons. The number of benzene rings is 1. The highest BCUT2D eigenvalue weighted by molar-refractivity contribution is 5.57. The third kappa shape index (κ3) is 1.66. The second kappa shape index (κ2) is 4.00. The standard InChI is InChI=1S/C14H19NO/c1-16-14-5-3-2-4-12(14)15-13-9-10-6-7-11(13)8-10/h2-5,10-11,13,15H,6-9H2,1H3. The van der Waals surface area contributed by atoms with Crippen LogP contribution in [-0.4, -0.2) is 13.2 Å². The molecule has 1 aromatic carbocycles. The van der Waals surface area contributed by atoms with Crippen molar-refractivity contribution < 1.29 is 4.74 Å². The van der Waals surface area contributed by atoms with Crippen LogP contribution in [0.5, 0.6) is 5.75 Å². The molecule has 2 fully saturated rings. The number of para-hydroxylation sites is 2. The molecule has 3 unspecified atom stereocenters. The Hall–Kier alpha value is -1.18. The lowest BCUT2D eigenvalue weighted by atomic mass is 9.95. The van der Waals surface area contributed by atoms with Gasteiger partial charge in [-0.05, 0) is 43.2 Å². The molecule has 2 aliphatic carbocycles. The molecule has 1 aromatic rings. The van der Waals surface area contributed by atoms with Crippen molar-refractivity contribution in [3.63, 3.8) is 0 Å². The molecule has 3 atom stereocenters. The van der Waals surface area contributed by atoms with Crippen molar-refractivity contribution in [2.45, 2.75) is 31.7 Å². The van der Waals surface area contributed by atoms with E-state index in [-0.39, 0.29) is 0 Å². The average Bonchev–Trinajstić information content (AvgIpc) is 2.92. The van der Waals surface area contributed by atoms with Gasteiger partial charge >= 0.3 is 0 Å². The van der Waals surface area contributed by atoms with Gasteiger partial charge in [0.1, 0.15) is 5.75 Å². The fourth-order valence-corrected chi connectivity index (χ4v) is 3.39. The van der Waals surface area contributed by atoms with Crippen molar-refractivity contribution in [3.8, 4) is 5.75 Å². The van der Waals surface area contributed by atoms with Crippen molar-refractivity contribution in [3.05, 3.63) is 24.3 Å². The van der Waals surface area contributed by atoms with Crippen molar-refractivity contribution in [1.82, 2.24) is 0 Å². The first-order valence-corrected chi connectivity index (χ1v) is 6.26. The van der Waals surface area contributed by atoms with E-state index in [1.165, 1.54) is 25.7 Å². The topological polar surface area (TPSA) is 21.3 Å². The van der Waals surface area contributed by atoms with E-state index < -0.39 is 0 Å². The normalized spacial score (nSPS) is 31.7. The molecule has 2 bridgehead atoms. The minimum absolute atomic E-state index is 0.676. The first kappa shape index (κ1) is 10.0. The summed E-state index contributed by atoms with van der Waals surface area (Å²) in [5.41, 5.74) is 1.16. The van der Waals surface area contributed by atoms with Gasteiger partial charge in [0.15, 0.2) is 0 Å². The van der Waals surface area contributed by atoms with Crippen LogP contribution in [0, 0.1) is 11.8 Å². The molecule has 1 N–H and O–H groups in total. The predicted octanol–water partition coefficient (Wildman–Crippen LogP) is 3.30. The van der Waals surface area contributed by atoms with Crippen LogP contribution in [0.15, 0.2) is 24.3 Å². The lowest BCUT2D eigenvalue weighted by Gasteiger charge is -2.24. The molecule has 2 saturated carbocycles. The molecule has 2 aliphatic rings. The number of fused-ring (bicyclic) bond motifs is 2. The summed E-state index contributed by atoms with van der Waals surface area (Å²) in [6, 6.07) is 8.90. The Morgan fingerprint density at radius 3 is 2.75 bits per heavy atom. The van der Waals surface area contributed by atoms with Crippen LogP contribution in [0.2, 0.25) is 0 Å². The van der Waals surface area contributed by atoms with Crippen LogP contribution in [0.25, 0.3) is 0 Å². The fraction of sp³-hybridized carbons (Fsp3) is 0.571. The minimum atomic E-state index is 0.676. The number of anilines is 1. The van der Waals surface area contributed by atoms with Crippen LogP contribution in [-0.2, 0) is 0 Å². The summed E-state index contributed by atoms with van der Waals surface area (Å²) < 4.78 is 5.37. The summed E-state index contributed by atoms with van der Waals surface area (Å²) in [4.78, 5) is 0. The molecule has 2 heteroatoms. The Morgan fingerprint density at radius 1 is 1.19 bits per heavy atom. The highest BCUT2D eigenvalue weighted by Crippen LogP contribution is 2.46. The molecular formula is C14H19NO. The second-order valence-corrected chi connectivity index (χ2v) is 5.13. The summed E-state index contributed by atoms with van der Waals surface area (Å²) in [5.74, 6) is 2.84. The predicted molar refractivity (Wildman–Crippen MR) is 65.9 cm³/mol. The van der Waals surface area contributed by atoms with Gasteiger partial charge in [0, 0.05) is 6.04 Å². The number of methoxy groups -OCH3 is 1. The Balaban J connectivity index is 1.74. The number of ether oxygens (including phenoxy) is 1. The quantitative estimate of drug-likeness (QED) is 0.838. The molecule has 3 rings (SSSR count). The lowest BCUT2D eigenvalue weighted by Crippen LogP contribution is -2.25. The summed E-state index contributed by atoms with van der Waals surface area (Å²) in [7, 11) is 1.74. The SMILES string of the molecule is COc1ccccc1NC1CC2CCC1C2. The smallest absolute Gasteiger partial charge is 0.141 e. The van der Waals surface area contributed by atoms with Gasteiger partial charge in [0.2, 0.25) is 0 Å². The van der Waals surface area contributed by atoms with Crippen LogP contribution < -0.4 is 10.1 Å². The van der Waals surface area contributed by atoms with Crippen LogP contribution >= 0.6 is 0 Å². The maximum atomic E-state index is 5.37. The van der Waals surface area contributed by atoms with E-state index >= 15 is 0 Å². The molecular weight excluding hydrogens is 198 g/mol. The van der Waals surface area contributed by atoms with Crippen molar-refractivity contribution >= 4 is 5.69 Å². The van der Waals surface area contributed by atoms with E-state index in [4.69, 9.17) is 4.74 Å². The largest absolute Gasteiger partial charge is 0.495 e. The molecule has 0 heterocycles. The average molecular weight is 217 g/mol. The van der Waals surface area contributed by atoms with Gasteiger partial charge in [-0.1, -0.05) is 18.6 Å². The Kier molecular flexibility index (Phi) is 2.50. The minimum Gasteiger partial charge on any atom is -0.495 e. The molecule has 16 heavy (non-hydrogen) atoms.